The van der Waals surface area contributed by atoms with Gasteiger partial charge in [-0.1, -0.05) is 182 Å². The standard InChI is InChI=1S/C65H48N2/c1-4-21-48(22-5-1)65(49-23-6-2-7-24-49)60-32-15-12-28-55(60)59-43-58(47-37-35-46(36-38-47)54-31-18-20-45-19-10-11-27-53(45)54)64(44-61(59)65)66(50-25-8-3-9-26-50)51-39-41-52(42-40-51)67-62-33-16-13-29-56(62)57-30-14-17-34-63(57)67/h1-9,12-18,20-26,28-44H,10-11,19,27H2. The van der Waals surface area contributed by atoms with E-state index in [1.54, 1.807) is 0 Å². The highest BCUT2D eigenvalue weighted by Crippen LogP contribution is 2.59. The van der Waals surface area contributed by atoms with Crippen molar-refractivity contribution < 1.29 is 0 Å². The van der Waals surface area contributed by atoms with Gasteiger partial charge in [-0.05, 0) is 148 Å². The summed E-state index contributed by atoms with van der Waals surface area (Å²) < 4.78 is 2.40. The Morgan fingerprint density at radius 1 is 0.373 bits per heavy atom. The molecule has 2 nitrogen and oxygen atoms in total. The molecular weight excluding hydrogens is 809 g/mol. The summed E-state index contributed by atoms with van der Waals surface area (Å²) in [7, 11) is 0. The van der Waals surface area contributed by atoms with E-state index in [9.17, 15) is 0 Å². The molecular formula is C65H48N2. The largest absolute Gasteiger partial charge is 0.310 e. The molecule has 0 unspecified atom stereocenters. The van der Waals surface area contributed by atoms with E-state index in [-0.39, 0.29) is 0 Å². The van der Waals surface area contributed by atoms with Gasteiger partial charge in [-0.2, -0.15) is 0 Å². The number of anilines is 3. The Labute approximate surface area is 392 Å². The van der Waals surface area contributed by atoms with Gasteiger partial charge in [0.15, 0.2) is 0 Å². The highest BCUT2D eigenvalue weighted by molar-refractivity contribution is 6.09. The maximum absolute atomic E-state index is 2.53. The van der Waals surface area contributed by atoms with Gasteiger partial charge < -0.3 is 9.47 Å². The number of aromatic nitrogens is 1. The number of nitrogens with zero attached hydrogens (tertiary/aromatic N) is 2. The molecule has 0 atom stereocenters. The summed E-state index contributed by atoms with van der Waals surface area (Å²) in [4.78, 5) is 2.48. The van der Waals surface area contributed by atoms with Crippen LogP contribution < -0.4 is 4.90 Å². The van der Waals surface area contributed by atoms with E-state index in [2.05, 4.69) is 252 Å². The van der Waals surface area contributed by atoms with Gasteiger partial charge in [0, 0.05) is 33.4 Å². The number of rotatable bonds is 8. The number of aryl methyl sites for hydroxylation is 1. The molecule has 2 aliphatic carbocycles. The van der Waals surface area contributed by atoms with E-state index in [0.29, 0.717) is 0 Å². The minimum atomic E-state index is -0.555. The molecule has 318 valence electrons. The van der Waals surface area contributed by atoms with E-state index in [4.69, 9.17) is 0 Å². The first-order valence-electron chi connectivity index (χ1n) is 23.8. The molecule has 10 aromatic carbocycles. The monoisotopic (exact) mass is 856 g/mol. The van der Waals surface area contributed by atoms with Crippen molar-refractivity contribution in [3.63, 3.8) is 0 Å². The SMILES string of the molecule is c1ccc(N(c2ccc(-n3c4ccccc4c4ccccc43)cc2)c2cc3c(cc2-c2ccc(-c4cccc5c4CCCC5)cc2)-c2ccccc2C3(c2ccccc2)c2ccccc2)cc1. The van der Waals surface area contributed by atoms with Crippen LogP contribution in [0.5, 0.6) is 0 Å². The van der Waals surface area contributed by atoms with Crippen LogP contribution in [0.2, 0.25) is 0 Å². The quantitative estimate of drug-likeness (QED) is 0.148. The molecule has 2 heteroatoms. The zero-order valence-electron chi connectivity index (χ0n) is 37.3. The second-order valence-electron chi connectivity index (χ2n) is 18.2. The Bertz CT molecular complexity index is 3510. The Morgan fingerprint density at radius 3 is 1.58 bits per heavy atom. The molecule has 0 saturated carbocycles. The molecule has 0 fully saturated rings. The molecule has 11 aromatic rings. The molecule has 0 saturated heterocycles. The average molecular weight is 857 g/mol. The van der Waals surface area contributed by atoms with E-state index in [0.717, 1.165) is 29.2 Å². The Kier molecular flexibility index (Phi) is 9.39. The second kappa shape index (κ2) is 16.0. The fourth-order valence-electron chi connectivity index (χ4n) is 11.7. The van der Waals surface area contributed by atoms with Crippen LogP contribution in [0.15, 0.2) is 243 Å². The van der Waals surface area contributed by atoms with Crippen LogP contribution in [0.25, 0.3) is 60.9 Å². The molecule has 67 heavy (non-hydrogen) atoms. The number of hydrogen-bond acceptors (Lipinski definition) is 1. The normalized spacial score (nSPS) is 13.6. The van der Waals surface area contributed by atoms with Crippen LogP contribution >= 0.6 is 0 Å². The van der Waals surface area contributed by atoms with Crippen molar-refractivity contribution in [1.82, 2.24) is 4.57 Å². The van der Waals surface area contributed by atoms with Crippen LogP contribution in [-0.4, -0.2) is 4.57 Å². The van der Waals surface area contributed by atoms with Crippen LogP contribution in [0.4, 0.5) is 17.1 Å². The third-order valence-corrected chi connectivity index (χ3v) is 14.7. The van der Waals surface area contributed by atoms with Crippen molar-refractivity contribution in [2.24, 2.45) is 0 Å². The third-order valence-electron chi connectivity index (χ3n) is 14.7. The topological polar surface area (TPSA) is 8.17 Å². The first kappa shape index (κ1) is 39.2. The van der Waals surface area contributed by atoms with Crippen molar-refractivity contribution in [3.05, 3.63) is 276 Å². The van der Waals surface area contributed by atoms with Crippen molar-refractivity contribution >= 4 is 38.9 Å². The highest BCUT2D eigenvalue weighted by Gasteiger charge is 2.47. The van der Waals surface area contributed by atoms with Gasteiger partial charge in [0.1, 0.15) is 0 Å². The first-order valence-corrected chi connectivity index (χ1v) is 23.8. The maximum Gasteiger partial charge on any atom is 0.0714 e. The first-order chi connectivity index (χ1) is 33.3. The molecule has 13 rings (SSSR count). The lowest BCUT2D eigenvalue weighted by atomic mass is 9.67. The summed E-state index contributed by atoms with van der Waals surface area (Å²) in [5.41, 5.74) is 22.0. The molecule has 0 amide bonds. The number of para-hydroxylation sites is 3. The summed E-state index contributed by atoms with van der Waals surface area (Å²) in [6.45, 7) is 0. The van der Waals surface area contributed by atoms with Crippen molar-refractivity contribution in [3.8, 4) is 39.1 Å². The van der Waals surface area contributed by atoms with E-state index >= 15 is 0 Å². The predicted octanol–water partition coefficient (Wildman–Crippen LogP) is 16.8. The summed E-state index contributed by atoms with van der Waals surface area (Å²) in [6, 6.07) is 90.4. The second-order valence-corrected chi connectivity index (χ2v) is 18.2. The molecule has 1 aromatic heterocycles. The van der Waals surface area contributed by atoms with Gasteiger partial charge >= 0.3 is 0 Å². The summed E-state index contributed by atoms with van der Waals surface area (Å²) >= 11 is 0. The van der Waals surface area contributed by atoms with Gasteiger partial charge in [-0.15, -0.1) is 0 Å². The van der Waals surface area contributed by atoms with Crippen molar-refractivity contribution in [1.29, 1.82) is 0 Å². The molecule has 0 bridgehead atoms. The molecule has 0 aliphatic heterocycles. The van der Waals surface area contributed by atoms with Gasteiger partial charge in [0.2, 0.25) is 0 Å². The lowest BCUT2D eigenvalue weighted by molar-refractivity contribution is 0.687. The van der Waals surface area contributed by atoms with Crippen LogP contribution in [-0.2, 0) is 18.3 Å². The van der Waals surface area contributed by atoms with E-state index in [1.165, 1.54) is 108 Å². The van der Waals surface area contributed by atoms with Crippen LogP contribution in [0, 0.1) is 0 Å². The Balaban J connectivity index is 1.06. The fraction of sp³-hybridized carbons (Fsp3) is 0.0769. The zero-order chi connectivity index (χ0) is 44.3. The highest BCUT2D eigenvalue weighted by atomic mass is 15.1. The maximum atomic E-state index is 2.53. The van der Waals surface area contributed by atoms with Crippen molar-refractivity contribution in [2.75, 3.05) is 4.90 Å². The summed E-state index contributed by atoms with van der Waals surface area (Å²) in [5.74, 6) is 0. The Morgan fingerprint density at radius 2 is 0.910 bits per heavy atom. The van der Waals surface area contributed by atoms with Crippen LogP contribution in [0.1, 0.15) is 46.2 Å². The minimum Gasteiger partial charge on any atom is -0.310 e. The lowest BCUT2D eigenvalue weighted by Gasteiger charge is -2.35. The number of benzene rings is 10. The number of hydrogen-bond donors (Lipinski definition) is 0. The van der Waals surface area contributed by atoms with E-state index in [1.807, 2.05) is 0 Å². The number of fused-ring (bicyclic) bond motifs is 7. The zero-order valence-corrected chi connectivity index (χ0v) is 37.3. The van der Waals surface area contributed by atoms with E-state index < -0.39 is 5.41 Å². The predicted molar refractivity (Wildman–Crippen MR) is 280 cm³/mol. The smallest absolute Gasteiger partial charge is 0.0714 e. The minimum absolute atomic E-state index is 0.555. The average Bonchev–Trinajstić information content (AvgIpc) is 3.90. The molecule has 0 N–H and O–H groups in total. The summed E-state index contributed by atoms with van der Waals surface area (Å²) in [5, 5.41) is 2.52. The Hall–Kier alpha value is -8.20. The van der Waals surface area contributed by atoms with Crippen molar-refractivity contribution in [2.45, 2.75) is 31.1 Å². The fourth-order valence-corrected chi connectivity index (χ4v) is 11.7. The van der Waals surface area contributed by atoms with Gasteiger partial charge in [0.25, 0.3) is 0 Å². The molecule has 2 aliphatic rings. The third kappa shape index (κ3) is 6.24. The summed E-state index contributed by atoms with van der Waals surface area (Å²) in [6.07, 6.45) is 4.85. The lowest BCUT2D eigenvalue weighted by Crippen LogP contribution is -2.28. The van der Waals surface area contributed by atoms with Gasteiger partial charge in [-0.3, -0.25) is 0 Å². The molecule has 0 spiro atoms. The molecule has 1 heterocycles. The molecule has 0 radical (unpaired) electrons. The van der Waals surface area contributed by atoms with Gasteiger partial charge in [0.05, 0.1) is 22.1 Å². The van der Waals surface area contributed by atoms with Crippen LogP contribution in [0.3, 0.4) is 0 Å². The van der Waals surface area contributed by atoms with Gasteiger partial charge in [-0.25, -0.2) is 0 Å².